The Morgan fingerprint density at radius 3 is 2.47 bits per heavy atom. The van der Waals surface area contributed by atoms with E-state index in [0.717, 1.165) is 42.7 Å². The van der Waals surface area contributed by atoms with Gasteiger partial charge in [-0.2, -0.15) is 0 Å². The average molecular weight is 414 g/mol. The van der Waals surface area contributed by atoms with Crippen molar-refractivity contribution in [3.63, 3.8) is 0 Å². The molecule has 2 aromatic rings. The van der Waals surface area contributed by atoms with Gasteiger partial charge in [0, 0.05) is 13.2 Å². The van der Waals surface area contributed by atoms with Gasteiger partial charge in [-0.3, -0.25) is 4.79 Å². The molecule has 1 fully saturated rings. The van der Waals surface area contributed by atoms with E-state index in [0.29, 0.717) is 13.2 Å². The van der Waals surface area contributed by atoms with E-state index in [-0.39, 0.29) is 12.0 Å². The largest absolute Gasteiger partial charge is 0.368 e. The molecule has 30 heavy (non-hydrogen) atoms. The monoisotopic (exact) mass is 413 g/mol. The Morgan fingerprint density at radius 1 is 1.07 bits per heavy atom. The number of hydrogen-bond donors (Lipinski definition) is 1. The summed E-state index contributed by atoms with van der Waals surface area (Å²) in [5.41, 5.74) is 2.17. The maximum atomic E-state index is 12.3. The van der Waals surface area contributed by atoms with Crippen molar-refractivity contribution >= 4 is 16.9 Å². The zero-order chi connectivity index (χ0) is 21.0. The first-order chi connectivity index (χ1) is 14.8. The van der Waals surface area contributed by atoms with Crippen LogP contribution in [0.2, 0.25) is 0 Å². The van der Waals surface area contributed by atoms with Gasteiger partial charge >= 0.3 is 0 Å². The van der Waals surface area contributed by atoms with Crippen molar-refractivity contribution in [2.75, 3.05) is 6.61 Å². The van der Waals surface area contributed by atoms with Crippen LogP contribution < -0.4 is 5.32 Å². The fourth-order valence-corrected chi connectivity index (χ4v) is 4.33. The molecule has 1 unspecified atom stereocenters. The first kappa shape index (κ1) is 22.8. The molecule has 0 radical (unpaired) electrons. The predicted octanol–water partition coefficient (Wildman–Crippen LogP) is 5.75. The van der Waals surface area contributed by atoms with Gasteiger partial charge in [-0.15, -0.1) is 0 Å². The number of fused-ring (bicyclic) bond motifs is 1. The third kappa shape index (κ3) is 6.83. The van der Waals surface area contributed by atoms with Crippen molar-refractivity contribution < 1.29 is 9.53 Å². The summed E-state index contributed by atoms with van der Waals surface area (Å²) in [5.74, 6) is 0.934. The van der Waals surface area contributed by atoms with E-state index in [4.69, 9.17) is 9.72 Å². The Kier molecular flexibility index (Phi) is 9.68. The quantitative estimate of drug-likeness (QED) is 0.401. The molecule has 0 spiro atoms. The van der Waals surface area contributed by atoms with Crippen molar-refractivity contribution in [3.8, 4) is 0 Å². The number of amides is 1. The standard InChI is InChI=1S/C25H39N3O2/c1-2-3-4-5-6-7-8-9-10-13-18-28-22-16-12-11-15-21(22)27-24(28)20-26-25(29)23-17-14-19-30-23/h11-12,15-16,23H,2-10,13-14,17-20H2,1H3,(H,26,29). The van der Waals surface area contributed by atoms with Gasteiger partial charge in [0.05, 0.1) is 17.6 Å². The highest BCUT2D eigenvalue weighted by molar-refractivity contribution is 5.81. The Morgan fingerprint density at radius 2 is 1.77 bits per heavy atom. The Bertz CT molecular complexity index is 765. The van der Waals surface area contributed by atoms with Gasteiger partial charge < -0.3 is 14.6 Å². The lowest BCUT2D eigenvalue weighted by Crippen LogP contribution is -2.34. The maximum Gasteiger partial charge on any atom is 0.249 e. The average Bonchev–Trinajstić information content (AvgIpc) is 3.42. The fraction of sp³-hybridized carbons (Fsp3) is 0.680. The topological polar surface area (TPSA) is 56.2 Å². The zero-order valence-corrected chi connectivity index (χ0v) is 18.7. The van der Waals surface area contributed by atoms with Crippen LogP contribution in [0.25, 0.3) is 11.0 Å². The number of aromatic nitrogens is 2. The summed E-state index contributed by atoms with van der Waals surface area (Å²) in [7, 11) is 0. The van der Waals surface area contributed by atoms with Crippen LogP contribution in [0.4, 0.5) is 0 Å². The van der Waals surface area contributed by atoms with Gasteiger partial charge in [0.1, 0.15) is 11.9 Å². The van der Waals surface area contributed by atoms with Crippen molar-refractivity contribution in [1.29, 1.82) is 0 Å². The number of aryl methyl sites for hydroxylation is 1. The molecule has 1 amide bonds. The molecule has 166 valence electrons. The fourth-order valence-electron chi connectivity index (χ4n) is 4.33. The number of imidazole rings is 1. The van der Waals surface area contributed by atoms with Gasteiger partial charge in [-0.1, -0.05) is 76.8 Å². The normalized spacial score (nSPS) is 16.4. The van der Waals surface area contributed by atoms with E-state index in [1.54, 1.807) is 0 Å². The number of hydrogen-bond acceptors (Lipinski definition) is 3. The highest BCUT2D eigenvalue weighted by atomic mass is 16.5. The zero-order valence-electron chi connectivity index (χ0n) is 18.7. The number of nitrogens with one attached hydrogen (secondary N) is 1. The molecule has 0 saturated carbocycles. The minimum atomic E-state index is -0.287. The minimum absolute atomic E-state index is 0.00922. The molecule has 1 aromatic heterocycles. The van der Waals surface area contributed by atoms with E-state index < -0.39 is 0 Å². The smallest absolute Gasteiger partial charge is 0.249 e. The molecular formula is C25H39N3O2. The molecule has 1 N–H and O–H groups in total. The second-order valence-electron chi connectivity index (χ2n) is 8.57. The molecule has 1 saturated heterocycles. The van der Waals surface area contributed by atoms with E-state index in [2.05, 4.69) is 35.0 Å². The highest BCUT2D eigenvalue weighted by Crippen LogP contribution is 2.19. The molecule has 5 nitrogen and oxygen atoms in total. The highest BCUT2D eigenvalue weighted by Gasteiger charge is 2.23. The molecule has 1 aliphatic heterocycles. The number of para-hydroxylation sites is 2. The molecule has 5 heteroatoms. The van der Waals surface area contributed by atoms with Crippen LogP contribution >= 0.6 is 0 Å². The van der Waals surface area contributed by atoms with Gasteiger partial charge in [0.25, 0.3) is 0 Å². The summed E-state index contributed by atoms with van der Waals surface area (Å²) in [4.78, 5) is 17.1. The van der Waals surface area contributed by atoms with E-state index >= 15 is 0 Å². The molecular weight excluding hydrogens is 374 g/mol. The van der Waals surface area contributed by atoms with Gasteiger partial charge in [-0.05, 0) is 31.4 Å². The molecule has 1 atom stereocenters. The molecule has 1 aromatic carbocycles. The van der Waals surface area contributed by atoms with E-state index in [1.807, 2.05) is 6.07 Å². The van der Waals surface area contributed by atoms with E-state index in [1.165, 1.54) is 57.8 Å². The maximum absolute atomic E-state index is 12.3. The van der Waals surface area contributed by atoms with Crippen molar-refractivity contribution in [3.05, 3.63) is 30.1 Å². The second-order valence-corrected chi connectivity index (χ2v) is 8.57. The molecule has 0 bridgehead atoms. The van der Waals surface area contributed by atoms with Gasteiger partial charge in [0.15, 0.2) is 0 Å². The van der Waals surface area contributed by atoms with Crippen LogP contribution in [-0.4, -0.2) is 28.2 Å². The summed E-state index contributed by atoms with van der Waals surface area (Å²) in [5, 5.41) is 3.03. The number of ether oxygens (including phenoxy) is 1. The lowest BCUT2D eigenvalue weighted by Gasteiger charge is -2.12. The van der Waals surface area contributed by atoms with Gasteiger partial charge in [0.2, 0.25) is 5.91 Å². The van der Waals surface area contributed by atoms with Crippen LogP contribution in [0, 0.1) is 0 Å². The first-order valence-corrected chi connectivity index (χ1v) is 12.1. The molecule has 2 heterocycles. The third-order valence-electron chi connectivity index (χ3n) is 6.11. The number of carbonyl (C=O) groups is 1. The number of carbonyl (C=O) groups excluding carboxylic acids is 1. The molecule has 1 aliphatic rings. The first-order valence-electron chi connectivity index (χ1n) is 12.1. The number of unbranched alkanes of at least 4 members (excludes halogenated alkanes) is 9. The van der Waals surface area contributed by atoms with Crippen LogP contribution in [0.3, 0.4) is 0 Å². The van der Waals surface area contributed by atoms with Crippen LogP contribution in [0.1, 0.15) is 89.8 Å². The summed E-state index contributed by atoms with van der Waals surface area (Å²) in [6.45, 7) is 4.38. The Labute approximate surface area is 181 Å². The second kappa shape index (κ2) is 12.7. The summed E-state index contributed by atoms with van der Waals surface area (Å²) in [6, 6.07) is 8.27. The van der Waals surface area contributed by atoms with Crippen molar-refractivity contribution in [2.24, 2.45) is 0 Å². The van der Waals surface area contributed by atoms with Crippen molar-refractivity contribution in [2.45, 2.75) is 103 Å². The van der Waals surface area contributed by atoms with Crippen LogP contribution in [0.15, 0.2) is 24.3 Å². The lowest BCUT2D eigenvalue weighted by molar-refractivity contribution is -0.130. The minimum Gasteiger partial charge on any atom is -0.368 e. The number of benzene rings is 1. The molecule has 0 aliphatic carbocycles. The number of nitrogens with zero attached hydrogens (tertiary/aromatic N) is 2. The van der Waals surface area contributed by atoms with E-state index in [9.17, 15) is 4.79 Å². The Balaban J connectivity index is 1.44. The van der Waals surface area contributed by atoms with Gasteiger partial charge in [-0.25, -0.2) is 4.98 Å². The Hall–Kier alpha value is -1.88. The summed E-state index contributed by atoms with van der Waals surface area (Å²) in [6.07, 6.45) is 14.8. The van der Waals surface area contributed by atoms with Crippen LogP contribution in [-0.2, 0) is 22.6 Å². The molecule has 3 rings (SSSR count). The summed E-state index contributed by atoms with van der Waals surface area (Å²) >= 11 is 0. The third-order valence-corrected chi connectivity index (χ3v) is 6.11. The number of rotatable bonds is 14. The van der Waals surface area contributed by atoms with Crippen molar-refractivity contribution in [1.82, 2.24) is 14.9 Å². The summed E-state index contributed by atoms with van der Waals surface area (Å²) < 4.78 is 7.78. The SMILES string of the molecule is CCCCCCCCCCCCn1c(CNC(=O)C2CCCO2)nc2ccccc21. The lowest BCUT2D eigenvalue weighted by atomic mass is 10.1. The predicted molar refractivity (Wildman–Crippen MR) is 122 cm³/mol. The van der Waals surface area contributed by atoms with Crippen LogP contribution in [0.5, 0.6) is 0 Å².